The van der Waals surface area contributed by atoms with E-state index in [-0.39, 0.29) is 24.9 Å². The summed E-state index contributed by atoms with van der Waals surface area (Å²) in [4.78, 5) is 12.7. The molecule has 2 aliphatic rings. The van der Waals surface area contributed by atoms with Crippen LogP contribution in [0.25, 0.3) is 6.08 Å². The largest absolute Gasteiger partial charge is 0.489 e. The average Bonchev–Trinajstić information content (AvgIpc) is 3.08. The lowest BCUT2D eigenvalue weighted by Gasteiger charge is -2.21. The summed E-state index contributed by atoms with van der Waals surface area (Å²) in [5.74, 6) is 1.76. The van der Waals surface area contributed by atoms with E-state index in [0.717, 1.165) is 16.9 Å². The van der Waals surface area contributed by atoms with E-state index in [4.69, 9.17) is 42.1 Å². The fraction of sp³-hybridized carbons (Fsp3) is 0.125. The maximum absolute atomic E-state index is 12.7. The van der Waals surface area contributed by atoms with Gasteiger partial charge in [0.25, 0.3) is 0 Å². The highest BCUT2D eigenvalue weighted by Gasteiger charge is 2.28. The van der Waals surface area contributed by atoms with Gasteiger partial charge in [-0.2, -0.15) is 0 Å². The Morgan fingerprint density at radius 3 is 2.81 bits per heavy atom. The van der Waals surface area contributed by atoms with Gasteiger partial charge in [0.15, 0.2) is 12.6 Å². The standard InChI is InChI=1S/C24H16Cl2O5/c25-17-7-15-11-28-13-30-24(15)16(8-17)12-29-18-5-6-19-21(10-18)31-22(23(19)27)9-14-3-1-2-4-20(14)26/h1-10H,11-13H2/b22-9-. The lowest BCUT2D eigenvalue weighted by Crippen LogP contribution is -2.14. The van der Waals surface area contributed by atoms with Gasteiger partial charge in [-0.1, -0.05) is 41.4 Å². The zero-order chi connectivity index (χ0) is 21.4. The van der Waals surface area contributed by atoms with E-state index >= 15 is 0 Å². The zero-order valence-corrected chi connectivity index (χ0v) is 17.7. The summed E-state index contributed by atoms with van der Waals surface area (Å²) in [5, 5.41) is 1.13. The van der Waals surface area contributed by atoms with Crippen molar-refractivity contribution >= 4 is 35.1 Å². The van der Waals surface area contributed by atoms with Crippen molar-refractivity contribution in [2.75, 3.05) is 6.79 Å². The number of benzene rings is 3. The van der Waals surface area contributed by atoms with Gasteiger partial charge < -0.3 is 18.9 Å². The number of Topliss-reactive ketones (excluding diaryl/α,β-unsaturated/α-hetero) is 1. The molecule has 0 aromatic heterocycles. The van der Waals surface area contributed by atoms with Crippen molar-refractivity contribution in [3.8, 4) is 17.2 Å². The lowest BCUT2D eigenvalue weighted by molar-refractivity contribution is -0.0175. The molecule has 0 fully saturated rings. The SMILES string of the molecule is O=C1/C(=C/c2ccccc2Cl)Oc2cc(OCc3cc(Cl)cc4c3OCOC4)ccc21. The number of ether oxygens (including phenoxy) is 4. The van der Waals surface area contributed by atoms with Crippen molar-refractivity contribution < 1.29 is 23.7 Å². The van der Waals surface area contributed by atoms with E-state index in [1.165, 1.54) is 0 Å². The maximum atomic E-state index is 12.7. The molecule has 0 atom stereocenters. The number of hydrogen-bond donors (Lipinski definition) is 0. The molecule has 5 nitrogen and oxygen atoms in total. The second kappa shape index (κ2) is 8.27. The van der Waals surface area contributed by atoms with Crippen LogP contribution in [0, 0.1) is 0 Å². The first-order valence-electron chi connectivity index (χ1n) is 9.56. The second-order valence-electron chi connectivity index (χ2n) is 7.07. The average molecular weight is 455 g/mol. The smallest absolute Gasteiger partial charge is 0.231 e. The number of halogens is 2. The molecule has 0 radical (unpaired) electrons. The first kappa shape index (κ1) is 19.9. The van der Waals surface area contributed by atoms with Gasteiger partial charge >= 0.3 is 0 Å². The quantitative estimate of drug-likeness (QED) is 0.448. The number of carbonyl (C=O) groups excluding carboxylic acids is 1. The summed E-state index contributed by atoms with van der Waals surface area (Å²) in [7, 11) is 0. The van der Waals surface area contributed by atoms with Crippen LogP contribution in [0.15, 0.2) is 60.4 Å². The van der Waals surface area contributed by atoms with Gasteiger partial charge in [0, 0.05) is 27.2 Å². The molecule has 31 heavy (non-hydrogen) atoms. The summed E-state index contributed by atoms with van der Waals surface area (Å²) in [6.07, 6.45) is 1.64. The second-order valence-corrected chi connectivity index (χ2v) is 7.92. The van der Waals surface area contributed by atoms with E-state index in [9.17, 15) is 4.79 Å². The Labute approximate surface area is 188 Å². The predicted molar refractivity (Wildman–Crippen MR) is 117 cm³/mol. The highest BCUT2D eigenvalue weighted by molar-refractivity contribution is 6.32. The fourth-order valence-corrected chi connectivity index (χ4v) is 3.97. The topological polar surface area (TPSA) is 54.0 Å². The third-order valence-corrected chi connectivity index (χ3v) is 5.54. The van der Waals surface area contributed by atoms with Crippen molar-refractivity contribution in [2.45, 2.75) is 13.2 Å². The number of allylic oxidation sites excluding steroid dienone is 1. The molecular formula is C24H16Cl2O5. The molecule has 0 saturated carbocycles. The molecule has 0 amide bonds. The Balaban J connectivity index is 1.36. The molecule has 3 aromatic carbocycles. The van der Waals surface area contributed by atoms with Crippen molar-refractivity contribution in [3.05, 3.63) is 92.7 Å². The van der Waals surface area contributed by atoms with Crippen LogP contribution in [0.5, 0.6) is 17.2 Å². The van der Waals surface area contributed by atoms with E-state index in [1.54, 1.807) is 30.3 Å². The molecule has 0 aliphatic carbocycles. The minimum absolute atomic E-state index is 0.191. The van der Waals surface area contributed by atoms with E-state index in [0.29, 0.717) is 39.3 Å². The summed E-state index contributed by atoms with van der Waals surface area (Å²) in [6, 6.07) is 16.0. The Morgan fingerprint density at radius 2 is 1.94 bits per heavy atom. The van der Waals surface area contributed by atoms with Gasteiger partial charge in [0.1, 0.15) is 23.9 Å². The zero-order valence-electron chi connectivity index (χ0n) is 16.2. The van der Waals surface area contributed by atoms with Gasteiger partial charge in [-0.3, -0.25) is 4.79 Å². The molecular weight excluding hydrogens is 439 g/mol. The molecule has 0 saturated heterocycles. The van der Waals surface area contributed by atoms with Crippen LogP contribution in [0.2, 0.25) is 10.0 Å². The van der Waals surface area contributed by atoms with Crippen LogP contribution in [-0.2, 0) is 18.0 Å². The molecule has 5 rings (SSSR count). The molecule has 156 valence electrons. The molecule has 0 spiro atoms. The monoisotopic (exact) mass is 454 g/mol. The van der Waals surface area contributed by atoms with Crippen molar-refractivity contribution in [1.82, 2.24) is 0 Å². The first-order valence-corrected chi connectivity index (χ1v) is 10.3. The van der Waals surface area contributed by atoms with Gasteiger partial charge in [-0.15, -0.1) is 0 Å². The van der Waals surface area contributed by atoms with Crippen LogP contribution in [-0.4, -0.2) is 12.6 Å². The summed E-state index contributed by atoms with van der Waals surface area (Å²) < 4.78 is 22.6. The Bertz CT molecular complexity index is 1220. The highest BCUT2D eigenvalue weighted by atomic mass is 35.5. The number of rotatable bonds is 4. The molecule has 0 N–H and O–H groups in total. The number of fused-ring (bicyclic) bond motifs is 2. The maximum Gasteiger partial charge on any atom is 0.231 e. The number of carbonyl (C=O) groups is 1. The van der Waals surface area contributed by atoms with Gasteiger partial charge in [0.05, 0.1) is 12.2 Å². The van der Waals surface area contributed by atoms with Crippen molar-refractivity contribution in [2.24, 2.45) is 0 Å². The van der Waals surface area contributed by atoms with Crippen molar-refractivity contribution in [1.29, 1.82) is 0 Å². The van der Waals surface area contributed by atoms with E-state index < -0.39 is 0 Å². The summed E-state index contributed by atoms with van der Waals surface area (Å²) in [5.41, 5.74) is 2.90. The number of ketones is 1. The minimum atomic E-state index is -0.196. The first-order chi connectivity index (χ1) is 15.1. The van der Waals surface area contributed by atoms with Gasteiger partial charge in [-0.25, -0.2) is 0 Å². The number of hydrogen-bond acceptors (Lipinski definition) is 5. The van der Waals surface area contributed by atoms with E-state index in [1.807, 2.05) is 30.3 Å². The fourth-order valence-electron chi connectivity index (χ4n) is 3.52. The minimum Gasteiger partial charge on any atom is -0.489 e. The molecule has 0 bridgehead atoms. The highest BCUT2D eigenvalue weighted by Crippen LogP contribution is 2.37. The summed E-state index contributed by atoms with van der Waals surface area (Å²) in [6.45, 7) is 0.882. The normalized spacial score (nSPS) is 15.8. The predicted octanol–water partition coefficient (Wildman–Crippen LogP) is 6.06. The molecule has 7 heteroatoms. The summed E-state index contributed by atoms with van der Waals surface area (Å²) >= 11 is 12.4. The van der Waals surface area contributed by atoms with Crippen LogP contribution in [0.1, 0.15) is 27.0 Å². The molecule has 3 aromatic rings. The molecule has 0 unspecified atom stereocenters. The lowest BCUT2D eigenvalue weighted by atomic mass is 10.1. The van der Waals surface area contributed by atoms with E-state index in [2.05, 4.69) is 0 Å². The Kier molecular flexibility index (Phi) is 5.32. The molecule has 2 heterocycles. The molecule has 2 aliphatic heterocycles. The third kappa shape index (κ3) is 4.00. The Hall–Kier alpha value is -2.99. The Morgan fingerprint density at radius 1 is 1.06 bits per heavy atom. The van der Waals surface area contributed by atoms with Gasteiger partial charge in [-0.05, 0) is 42.0 Å². The third-order valence-electron chi connectivity index (χ3n) is 4.98. The van der Waals surface area contributed by atoms with Crippen LogP contribution in [0.4, 0.5) is 0 Å². The van der Waals surface area contributed by atoms with Crippen molar-refractivity contribution in [3.63, 3.8) is 0 Å². The van der Waals surface area contributed by atoms with Crippen LogP contribution >= 0.6 is 23.2 Å². The van der Waals surface area contributed by atoms with Crippen LogP contribution < -0.4 is 14.2 Å². The van der Waals surface area contributed by atoms with Crippen LogP contribution in [0.3, 0.4) is 0 Å². The van der Waals surface area contributed by atoms with Gasteiger partial charge in [0.2, 0.25) is 5.78 Å².